The van der Waals surface area contributed by atoms with Crippen molar-refractivity contribution in [2.45, 2.75) is 32.2 Å². The normalized spacial score (nSPS) is 31.4. The largest absolute Gasteiger partial charge is 0.377 e. The van der Waals surface area contributed by atoms with E-state index in [-0.39, 0.29) is 6.04 Å². The molecule has 2 fully saturated rings. The van der Waals surface area contributed by atoms with Crippen molar-refractivity contribution in [3.63, 3.8) is 0 Å². The van der Waals surface area contributed by atoms with E-state index in [2.05, 4.69) is 12.2 Å². The van der Waals surface area contributed by atoms with Crippen LogP contribution in [0.25, 0.3) is 0 Å². The number of amides is 1. The number of nitrogens with zero attached hydrogens (tertiary/aromatic N) is 1. The number of hydrogen-bond acceptors (Lipinski definition) is 3. The fourth-order valence-electron chi connectivity index (χ4n) is 2.56. The zero-order valence-electron chi connectivity index (χ0n) is 10.1. The summed E-state index contributed by atoms with van der Waals surface area (Å²) in [7, 11) is 0. The summed E-state index contributed by atoms with van der Waals surface area (Å²) in [5, 5.41) is 3.36. The first-order valence-corrected chi connectivity index (χ1v) is 6.35. The molecule has 1 amide bonds. The Hall–Kier alpha value is -0.610. The van der Waals surface area contributed by atoms with Crippen LogP contribution in [0.4, 0.5) is 0 Å². The van der Waals surface area contributed by atoms with Crippen molar-refractivity contribution < 1.29 is 9.53 Å². The Balaban J connectivity index is 1.81. The van der Waals surface area contributed by atoms with Gasteiger partial charge < -0.3 is 15.0 Å². The molecule has 2 atom stereocenters. The Morgan fingerprint density at radius 1 is 1.56 bits per heavy atom. The highest BCUT2D eigenvalue weighted by Gasteiger charge is 2.26. The molecule has 2 aliphatic rings. The zero-order valence-corrected chi connectivity index (χ0v) is 10.1. The molecule has 4 heteroatoms. The highest BCUT2D eigenvalue weighted by Crippen LogP contribution is 2.17. The molecule has 1 N–H and O–H groups in total. The summed E-state index contributed by atoms with van der Waals surface area (Å²) < 4.78 is 5.35. The maximum absolute atomic E-state index is 12.1. The molecule has 0 aliphatic carbocycles. The van der Waals surface area contributed by atoms with E-state index in [1.165, 1.54) is 12.8 Å². The number of hydrogen-bond donors (Lipinski definition) is 1. The van der Waals surface area contributed by atoms with Crippen LogP contribution in [0.3, 0.4) is 0 Å². The third-order valence-electron chi connectivity index (χ3n) is 3.55. The fourth-order valence-corrected chi connectivity index (χ4v) is 2.56. The van der Waals surface area contributed by atoms with E-state index < -0.39 is 0 Å². The Labute approximate surface area is 97.3 Å². The van der Waals surface area contributed by atoms with Gasteiger partial charge in [-0.2, -0.15) is 0 Å². The maximum Gasteiger partial charge on any atom is 0.223 e. The number of rotatable bonds is 2. The summed E-state index contributed by atoms with van der Waals surface area (Å²) in [6.07, 6.45) is 3.10. The molecule has 0 aromatic rings. The van der Waals surface area contributed by atoms with E-state index in [4.69, 9.17) is 4.74 Å². The molecule has 2 unspecified atom stereocenters. The van der Waals surface area contributed by atoms with Crippen LogP contribution >= 0.6 is 0 Å². The molecule has 0 radical (unpaired) electrons. The van der Waals surface area contributed by atoms with Crippen molar-refractivity contribution in [1.29, 1.82) is 0 Å². The van der Waals surface area contributed by atoms with Gasteiger partial charge in [-0.15, -0.1) is 0 Å². The average molecular weight is 226 g/mol. The molecule has 0 saturated carbocycles. The molecule has 0 aromatic heterocycles. The summed E-state index contributed by atoms with van der Waals surface area (Å²) in [4.78, 5) is 14.1. The molecule has 0 spiro atoms. The molecular formula is C12H22N2O2. The molecule has 0 aromatic carbocycles. The lowest BCUT2D eigenvalue weighted by molar-refractivity contribution is -0.140. The van der Waals surface area contributed by atoms with Crippen LogP contribution in [0.1, 0.15) is 26.2 Å². The van der Waals surface area contributed by atoms with Gasteiger partial charge >= 0.3 is 0 Å². The second-order valence-electron chi connectivity index (χ2n) is 4.93. The Bertz CT molecular complexity index is 239. The van der Waals surface area contributed by atoms with Crippen molar-refractivity contribution in [1.82, 2.24) is 10.2 Å². The van der Waals surface area contributed by atoms with Crippen LogP contribution in [-0.2, 0) is 9.53 Å². The van der Waals surface area contributed by atoms with E-state index in [0.717, 1.165) is 19.6 Å². The first-order chi connectivity index (χ1) is 7.77. The standard InChI is InChI=1S/C12H22N2O2/c1-10-9-16-6-5-14(10)12(15)7-11-3-2-4-13-8-11/h10-11,13H,2-9H2,1H3. The second-order valence-corrected chi connectivity index (χ2v) is 4.93. The topological polar surface area (TPSA) is 41.6 Å². The summed E-state index contributed by atoms with van der Waals surface area (Å²) >= 11 is 0. The van der Waals surface area contributed by atoms with Crippen LogP contribution in [0, 0.1) is 5.92 Å². The van der Waals surface area contributed by atoms with Crippen LogP contribution < -0.4 is 5.32 Å². The van der Waals surface area contributed by atoms with Crippen LogP contribution in [0.15, 0.2) is 0 Å². The highest BCUT2D eigenvalue weighted by atomic mass is 16.5. The molecule has 4 nitrogen and oxygen atoms in total. The molecule has 2 aliphatic heterocycles. The first kappa shape index (κ1) is 11.9. The highest BCUT2D eigenvalue weighted by molar-refractivity contribution is 5.76. The van der Waals surface area contributed by atoms with Crippen LogP contribution in [0.5, 0.6) is 0 Å². The lowest BCUT2D eigenvalue weighted by Crippen LogP contribution is -2.48. The van der Waals surface area contributed by atoms with Gasteiger partial charge in [0.25, 0.3) is 0 Å². The predicted molar refractivity (Wildman–Crippen MR) is 62.2 cm³/mol. The van der Waals surface area contributed by atoms with Gasteiger partial charge in [-0.25, -0.2) is 0 Å². The number of carbonyl (C=O) groups is 1. The fraction of sp³-hybridized carbons (Fsp3) is 0.917. The van der Waals surface area contributed by atoms with Gasteiger partial charge in [0.15, 0.2) is 0 Å². The first-order valence-electron chi connectivity index (χ1n) is 6.35. The summed E-state index contributed by atoms with van der Waals surface area (Å²) in [6, 6.07) is 0.248. The average Bonchev–Trinajstić information content (AvgIpc) is 2.31. The Kier molecular flexibility index (Phi) is 4.18. The second kappa shape index (κ2) is 5.64. The quantitative estimate of drug-likeness (QED) is 0.750. The van der Waals surface area contributed by atoms with Crippen molar-refractivity contribution >= 4 is 5.91 Å². The van der Waals surface area contributed by atoms with Crippen molar-refractivity contribution in [3.05, 3.63) is 0 Å². The molecular weight excluding hydrogens is 204 g/mol. The number of morpholine rings is 1. The van der Waals surface area contributed by atoms with E-state index in [0.29, 0.717) is 31.5 Å². The molecule has 16 heavy (non-hydrogen) atoms. The van der Waals surface area contributed by atoms with E-state index >= 15 is 0 Å². The lowest BCUT2D eigenvalue weighted by atomic mass is 9.95. The smallest absolute Gasteiger partial charge is 0.223 e. The molecule has 92 valence electrons. The number of ether oxygens (including phenoxy) is 1. The van der Waals surface area contributed by atoms with Crippen molar-refractivity contribution in [2.75, 3.05) is 32.8 Å². The minimum Gasteiger partial charge on any atom is -0.377 e. The van der Waals surface area contributed by atoms with Crippen molar-refractivity contribution in [2.24, 2.45) is 5.92 Å². The summed E-state index contributed by atoms with van der Waals surface area (Å²) in [5.74, 6) is 0.848. The Morgan fingerprint density at radius 2 is 2.44 bits per heavy atom. The van der Waals surface area contributed by atoms with Gasteiger partial charge in [0.2, 0.25) is 5.91 Å². The van der Waals surface area contributed by atoms with Crippen molar-refractivity contribution in [3.8, 4) is 0 Å². The lowest BCUT2D eigenvalue weighted by Gasteiger charge is -2.34. The predicted octanol–water partition coefficient (Wildman–Crippen LogP) is 0.623. The molecule has 0 bridgehead atoms. The molecule has 2 rings (SSSR count). The third-order valence-corrected chi connectivity index (χ3v) is 3.55. The third kappa shape index (κ3) is 2.95. The molecule has 2 saturated heterocycles. The minimum atomic E-state index is 0.248. The summed E-state index contributed by atoms with van der Waals surface area (Å²) in [5.41, 5.74) is 0. The van der Waals surface area contributed by atoms with Gasteiger partial charge in [0.05, 0.1) is 19.3 Å². The van der Waals surface area contributed by atoms with Gasteiger partial charge in [0, 0.05) is 13.0 Å². The number of nitrogens with one attached hydrogen (secondary N) is 1. The van der Waals surface area contributed by atoms with Gasteiger partial charge in [-0.05, 0) is 38.8 Å². The Morgan fingerprint density at radius 3 is 3.12 bits per heavy atom. The van der Waals surface area contributed by atoms with E-state index in [1.807, 2.05) is 4.90 Å². The van der Waals surface area contributed by atoms with Crippen LogP contribution in [-0.4, -0.2) is 49.7 Å². The van der Waals surface area contributed by atoms with Crippen LogP contribution in [0.2, 0.25) is 0 Å². The number of piperidine rings is 1. The SMILES string of the molecule is CC1COCCN1C(=O)CC1CCCNC1. The minimum absolute atomic E-state index is 0.248. The monoisotopic (exact) mass is 226 g/mol. The van der Waals surface area contributed by atoms with Gasteiger partial charge in [-0.1, -0.05) is 0 Å². The summed E-state index contributed by atoms with van der Waals surface area (Å²) in [6.45, 7) is 6.33. The number of carbonyl (C=O) groups excluding carboxylic acids is 1. The molecule has 2 heterocycles. The van der Waals surface area contributed by atoms with E-state index in [9.17, 15) is 4.79 Å². The maximum atomic E-state index is 12.1. The zero-order chi connectivity index (χ0) is 11.4. The van der Waals surface area contributed by atoms with E-state index in [1.54, 1.807) is 0 Å². The van der Waals surface area contributed by atoms with Gasteiger partial charge in [0.1, 0.15) is 0 Å². The van der Waals surface area contributed by atoms with Gasteiger partial charge in [-0.3, -0.25) is 4.79 Å².